The number of benzene rings is 2. The maximum absolute atomic E-state index is 12.8. The lowest BCUT2D eigenvalue weighted by Gasteiger charge is -2.33. The van der Waals surface area contributed by atoms with Crippen molar-refractivity contribution in [3.63, 3.8) is 0 Å². The molecule has 0 aromatic heterocycles. The van der Waals surface area contributed by atoms with E-state index in [2.05, 4.69) is 0 Å². The number of anilines is 1. The van der Waals surface area contributed by atoms with Gasteiger partial charge in [-0.15, -0.1) is 0 Å². The molecule has 1 atom stereocenters. The second kappa shape index (κ2) is 6.48. The largest absolute Gasteiger partial charge is 0.495 e. The van der Waals surface area contributed by atoms with E-state index in [1.165, 1.54) is 4.67 Å². The Hall–Kier alpha value is -1.61. The summed E-state index contributed by atoms with van der Waals surface area (Å²) < 4.78 is 25.2. The van der Waals surface area contributed by atoms with Gasteiger partial charge in [-0.2, -0.15) is 0 Å². The molecule has 23 heavy (non-hydrogen) atoms. The average molecular weight is 370 g/mol. The molecule has 0 amide bonds. The number of nitrogens with zero attached hydrogens (tertiary/aromatic N) is 1. The second-order valence-electron chi connectivity index (χ2n) is 4.87. The number of hydrogen-bond acceptors (Lipinski definition) is 3. The van der Waals surface area contributed by atoms with Gasteiger partial charge in [-0.05, 0) is 42.5 Å². The molecule has 2 aromatic carbocycles. The second-order valence-corrected chi connectivity index (χ2v) is 8.16. The van der Waals surface area contributed by atoms with E-state index >= 15 is 0 Å². The molecule has 0 radical (unpaired) electrons. The van der Waals surface area contributed by atoms with Crippen LogP contribution in [0.15, 0.2) is 54.6 Å². The SMILES string of the molecule is COc1ccccc1N1CC=C(c2ccc(Cl)cc2)OP1(=O)Cl. The van der Waals surface area contributed by atoms with E-state index in [9.17, 15) is 4.57 Å². The van der Waals surface area contributed by atoms with Gasteiger partial charge in [0.25, 0.3) is 0 Å². The number of hydrogen-bond donors (Lipinski definition) is 0. The summed E-state index contributed by atoms with van der Waals surface area (Å²) in [6.07, 6.45) is 1.83. The average Bonchev–Trinajstić information content (AvgIpc) is 2.54. The van der Waals surface area contributed by atoms with E-state index in [0.29, 0.717) is 28.8 Å². The van der Waals surface area contributed by atoms with Crippen molar-refractivity contribution in [2.45, 2.75) is 0 Å². The molecule has 0 fully saturated rings. The van der Waals surface area contributed by atoms with Gasteiger partial charge in [0.2, 0.25) is 0 Å². The van der Waals surface area contributed by atoms with E-state index in [-0.39, 0.29) is 0 Å². The van der Waals surface area contributed by atoms with E-state index in [1.54, 1.807) is 43.5 Å². The van der Waals surface area contributed by atoms with Crippen molar-refractivity contribution >= 4 is 41.2 Å². The lowest BCUT2D eigenvalue weighted by Crippen LogP contribution is -2.23. The zero-order valence-corrected chi connectivity index (χ0v) is 14.7. The third kappa shape index (κ3) is 3.35. The van der Waals surface area contributed by atoms with Crippen molar-refractivity contribution < 1.29 is 13.8 Å². The fraction of sp³-hybridized carbons (Fsp3) is 0.125. The summed E-state index contributed by atoms with van der Waals surface area (Å²) in [4.78, 5) is 0. The van der Waals surface area contributed by atoms with Crippen LogP contribution in [-0.4, -0.2) is 13.7 Å². The van der Waals surface area contributed by atoms with Crippen LogP contribution in [-0.2, 0) is 9.09 Å². The van der Waals surface area contributed by atoms with Gasteiger partial charge in [0.05, 0.1) is 19.3 Å². The summed E-state index contributed by atoms with van der Waals surface area (Å²) in [6, 6.07) is 14.3. The van der Waals surface area contributed by atoms with Gasteiger partial charge in [-0.1, -0.05) is 23.7 Å². The lowest BCUT2D eigenvalue weighted by atomic mass is 10.2. The lowest BCUT2D eigenvalue weighted by molar-refractivity contribution is 0.414. The normalized spacial score (nSPS) is 20.7. The predicted molar refractivity (Wildman–Crippen MR) is 94.3 cm³/mol. The Bertz CT molecular complexity index is 792. The van der Waals surface area contributed by atoms with Gasteiger partial charge in [0, 0.05) is 21.8 Å². The minimum absolute atomic E-state index is 0.346. The summed E-state index contributed by atoms with van der Waals surface area (Å²) in [5.74, 6) is 1.06. The summed E-state index contributed by atoms with van der Waals surface area (Å²) in [6.45, 7) is -3.22. The van der Waals surface area contributed by atoms with Gasteiger partial charge in [-0.3, -0.25) is 4.67 Å². The van der Waals surface area contributed by atoms with Crippen LogP contribution in [0.4, 0.5) is 5.69 Å². The monoisotopic (exact) mass is 369 g/mol. The summed E-state index contributed by atoms with van der Waals surface area (Å²) in [5.41, 5.74) is 1.40. The van der Waals surface area contributed by atoms with E-state index in [4.69, 9.17) is 32.1 Å². The minimum Gasteiger partial charge on any atom is -0.495 e. The maximum atomic E-state index is 12.8. The number of methoxy groups -OCH3 is 1. The molecule has 3 rings (SSSR count). The zero-order chi connectivity index (χ0) is 16.4. The van der Waals surface area contributed by atoms with Crippen LogP contribution >= 0.6 is 29.7 Å². The fourth-order valence-corrected chi connectivity index (χ4v) is 4.33. The molecule has 1 aliphatic heterocycles. The molecule has 1 heterocycles. The van der Waals surface area contributed by atoms with Crippen LogP contribution in [0, 0.1) is 0 Å². The molecular weight excluding hydrogens is 356 g/mol. The number of rotatable bonds is 3. The molecule has 0 bridgehead atoms. The van der Waals surface area contributed by atoms with Crippen molar-refractivity contribution in [1.29, 1.82) is 0 Å². The minimum atomic E-state index is -3.57. The molecule has 0 spiro atoms. The highest BCUT2D eigenvalue weighted by Crippen LogP contribution is 2.63. The smallest absolute Gasteiger partial charge is 0.438 e. The number of halogens is 2. The van der Waals surface area contributed by atoms with E-state index in [1.807, 2.05) is 18.2 Å². The Morgan fingerprint density at radius 1 is 1.17 bits per heavy atom. The summed E-state index contributed by atoms with van der Waals surface area (Å²) >= 11 is 12.1. The number of ether oxygens (including phenoxy) is 1. The summed E-state index contributed by atoms with van der Waals surface area (Å²) in [5, 5.41) is 0.620. The van der Waals surface area contributed by atoms with Crippen molar-refractivity contribution in [2.24, 2.45) is 0 Å². The van der Waals surface area contributed by atoms with Crippen LogP contribution in [0.3, 0.4) is 0 Å². The molecule has 7 heteroatoms. The molecule has 2 aromatic rings. The van der Waals surface area contributed by atoms with Crippen molar-refractivity contribution in [3.8, 4) is 5.75 Å². The van der Waals surface area contributed by atoms with Crippen LogP contribution in [0.25, 0.3) is 5.76 Å². The summed E-state index contributed by atoms with van der Waals surface area (Å²) in [7, 11) is 1.55. The molecule has 0 saturated heterocycles. The first-order valence-electron chi connectivity index (χ1n) is 6.88. The highest BCUT2D eigenvalue weighted by Gasteiger charge is 2.36. The molecule has 0 N–H and O–H groups in total. The first-order valence-corrected chi connectivity index (χ1v) is 9.74. The van der Waals surface area contributed by atoms with Gasteiger partial charge < -0.3 is 9.26 Å². The quantitative estimate of drug-likeness (QED) is 0.662. The third-order valence-electron chi connectivity index (χ3n) is 3.44. The van der Waals surface area contributed by atoms with Crippen molar-refractivity contribution in [3.05, 3.63) is 65.2 Å². The number of para-hydroxylation sites is 2. The van der Waals surface area contributed by atoms with Gasteiger partial charge in [-0.25, -0.2) is 4.57 Å². The molecule has 120 valence electrons. The van der Waals surface area contributed by atoms with Crippen LogP contribution < -0.4 is 9.41 Å². The Kier molecular flexibility index (Phi) is 4.58. The molecule has 1 unspecified atom stereocenters. The van der Waals surface area contributed by atoms with Crippen molar-refractivity contribution in [2.75, 3.05) is 18.3 Å². The van der Waals surface area contributed by atoms with Gasteiger partial charge in [0.15, 0.2) is 0 Å². The molecule has 1 aliphatic rings. The Balaban J connectivity index is 1.95. The van der Waals surface area contributed by atoms with Crippen LogP contribution in [0.1, 0.15) is 5.56 Å². The predicted octanol–water partition coefficient (Wildman–Crippen LogP) is 5.57. The van der Waals surface area contributed by atoms with Gasteiger partial charge >= 0.3 is 6.87 Å². The highest BCUT2D eigenvalue weighted by atomic mass is 35.7. The molecular formula is C16H14Cl2NO3P. The standard InChI is InChI=1S/C16H14Cl2NO3P/c1-21-16-5-3-2-4-14(16)19-11-10-15(22-23(19,18)20)12-6-8-13(17)9-7-12/h2-10H,11H2,1H3. The van der Waals surface area contributed by atoms with Crippen LogP contribution in [0.2, 0.25) is 5.02 Å². The Morgan fingerprint density at radius 3 is 2.52 bits per heavy atom. The van der Waals surface area contributed by atoms with Gasteiger partial charge in [0.1, 0.15) is 11.5 Å². The molecule has 0 saturated carbocycles. The fourth-order valence-electron chi connectivity index (χ4n) is 2.33. The van der Waals surface area contributed by atoms with E-state index in [0.717, 1.165) is 5.56 Å². The first-order chi connectivity index (χ1) is 11.0. The van der Waals surface area contributed by atoms with E-state index < -0.39 is 6.87 Å². The first kappa shape index (κ1) is 16.3. The molecule has 0 aliphatic carbocycles. The molecule has 4 nitrogen and oxygen atoms in total. The Labute approximate surface area is 144 Å². The third-order valence-corrected chi connectivity index (χ3v) is 5.82. The topological polar surface area (TPSA) is 38.8 Å². The van der Waals surface area contributed by atoms with Crippen molar-refractivity contribution in [1.82, 2.24) is 0 Å². The Morgan fingerprint density at radius 2 is 1.87 bits per heavy atom. The zero-order valence-electron chi connectivity index (χ0n) is 12.3. The van der Waals surface area contributed by atoms with Crippen LogP contribution in [0.5, 0.6) is 5.75 Å². The highest BCUT2D eigenvalue weighted by molar-refractivity contribution is 7.86. The maximum Gasteiger partial charge on any atom is 0.438 e.